The van der Waals surface area contributed by atoms with Crippen molar-refractivity contribution in [3.8, 4) is 17.4 Å². The molecule has 146 valence electrons. The van der Waals surface area contributed by atoms with Crippen LogP contribution in [0.4, 0.5) is 5.69 Å². The first-order valence-corrected chi connectivity index (χ1v) is 9.71. The van der Waals surface area contributed by atoms with E-state index < -0.39 is 5.91 Å². The molecule has 0 bridgehead atoms. The van der Waals surface area contributed by atoms with Crippen LogP contribution in [0.15, 0.2) is 64.6 Å². The van der Waals surface area contributed by atoms with Gasteiger partial charge in [-0.15, -0.1) is 0 Å². The van der Waals surface area contributed by atoms with E-state index in [1.54, 1.807) is 30.3 Å². The van der Waals surface area contributed by atoms with Crippen LogP contribution >= 0.6 is 23.2 Å². The Kier molecular flexibility index (Phi) is 6.43. The minimum Gasteiger partial charge on any atom is -0.457 e. The van der Waals surface area contributed by atoms with Gasteiger partial charge in [0.15, 0.2) is 0 Å². The summed E-state index contributed by atoms with van der Waals surface area (Å²) in [4.78, 5) is 12.5. The Morgan fingerprint density at radius 2 is 1.83 bits per heavy atom. The fourth-order valence-electron chi connectivity index (χ4n) is 2.70. The largest absolute Gasteiger partial charge is 0.457 e. The normalized spacial score (nSPS) is 11.4. The molecule has 4 nitrogen and oxygen atoms in total. The Morgan fingerprint density at radius 1 is 1.10 bits per heavy atom. The molecular formula is C23H18Cl2N2O2. The Balaban J connectivity index is 1.79. The van der Waals surface area contributed by atoms with Crippen molar-refractivity contribution in [3.05, 3.63) is 81.5 Å². The lowest BCUT2D eigenvalue weighted by Gasteiger charge is -2.08. The van der Waals surface area contributed by atoms with Crippen LogP contribution in [0.25, 0.3) is 17.4 Å². The second kappa shape index (κ2) is 9.00. The van der Waals surface area contributed by atoms with E-state index in [1.807, 2.05) is 30.3 Å². The quantitative estimate of drug-likeness (QED) is 0.356. The van der Waals surface area contributed by atoms with Crippen molar-refractivity contribution in [2.24, 2.45) is 0 Å². The lowest BCUT2D eigenvalue weighted by molar-refractivity contribution is -0.112. The zero-order valence-corrected chi connectivity index (χ0v) is 17.4. The summed E-state index contributed by atoms with van der Waals surface area (Å²) in [6.07, 6.45) is 1.39. The third-order valence-corrected chi connectivity index (χ3v) is 4.87. The number of hydrogen-bond acceptors (Lipinski definition) is 3. The van der Waals surface area contributed by atoms with Crippen molar-refractivity contribution in [2.45, 2.75) is 19.8 Å². The van der Waals surface area contributed by atoms with Crippen molar-refractivity contribution in [3.63, 3.8) is 0 Å². The molecule has 1 heterocycles. The molecule has 0 aliphatic carbocycles. The molecule has 1 N–H and O–H groups in total. The predicted molar refractivity (Wildman–Crippen MR) is 117 cm³/mol. The van der Waals surface area contributed by atoms with Crippen molar-refractivity contribution < 1.29 is 9.21 Å². The summed E-state index contributed by atoms with van der Waals surface area (Å²) >= 11 is 12.2. The zero-order chi connectivity index (χ0) is 21.0. The summed E-state index contributed by atoms with van der Waals surface area (Å²) in [7, 11) is 0. The highest BCUT2D eigenvalue weighted by molar-refractivity contribution is 6.35. The monoisotopic (exact) mass is 424 g/mol. The van der Waals surface area contributed by atoms with Crippen LogP contribution in [0, 0.1) is 11.3 Å². The molecule has 0 aliphatic rings. The van der Waals surface area contributed by atoms with E-state index in [0.717, 1.165) is 0 Å². The van der Waals surface area contributed by atoms with Crippen molar-refractivity contribution in [2.75, 3.05) is 5.32 Å². The molecule has 0 aliphatic heterocycles. The van der Waals surface area contributed by atoms with E-state index in [1.165, 1.54) is 11.6 Å². The Hall–Kier alpha value is -3.00. The lowest BCUT2D eigenvalue weighted by atomic mass is 10.0. The van der Waals surface area contributed by atoms with E-state index in [9.17, 15) is 10.1 Å². The molecule has 1 amide bonds. The first-order chi connectivity index (χ1) is 13.9. The summed E-state index contributed by atoms with van der Waals surface area (Å²) < 4.78 is 5.73. The van der Waals surface area contributed by atoms with Gasteiger partial charge in [-0.1, -0.05) is 49.2 Å². The highest BCUT2D eigenvalue weighted by atomic mass is 35.5. The summed E-state index contributed by atoms with van der Waals surface area (Å²) in [6.45, 7) is 4.19. The van der Waals surface area contributed by atoms with Crippen molar-refractivity contribution >= 4 is 40.9 Å². The molecule has 0 fully saturated rings. The molecule has 0 saturated carbocycles. The number of amides is 1. The predicted octanol–water partition coefficient (Wildman–Crippen LogP) is 6.92. The fourth-order valence-corrected chi connectivity index (χ4v) is 3.08. The standard InChI is InChI=1S/C23H18Cl2N2O2/c1-14(2)15-3-6-18(7-4-15)27-23(28)16(13-26)11-19-8-10-22(29-19)20-12-17(24)5-9-21(20)25/h3-12,14H,1-2H3,(H,27,28). The number of nitrogens with zero attached hydrogens (tertiary/aromatic N) is 1. The maximum Gasteiger partial charge on any atom is 0.266 e. The van der Waals surface area contributed by atoms with Gasteiger partial charge in [-0.25, -0.2) is 0 Å². The zero-order valence-electron chi connectivity index (χ0n) is 15.9. The number of hydrogen-bond donors (Lipinski definition) is 1. The molecule has 0 radical (unpaired) electrons. The number of carbonyl (C=O) groups is 1. The summed E-state index contributed by atoms with van der Waals surface area (Å²) in [6, 6.07) is 17.9. The molecule has 3 rings (SSSR count). The van der Waals surface area contributed by atoms with E-state index in [2.05, 4.69) is 19.2 Å². The molecule has 0 saturated heterocycles. The number of furan rings is 1. The molecule has 1 aromatic heterocycles. The number of anilines is 1. The Labute approximate surface area is 179 Å². The van der Waals surface area contributed by atoms with Gasteiger partial charge in [0.1, 0.15) is 23.2 Å². The summed E-state index contributed by atoms with van der Waals surface area (Å²) in [5, 5.41) is 13.1. The van der Waals surface area contributed by atoms with Crippen LogP contribution in [0.1, 0.15) is 31.1 Å². The summed E-state index contributed by atoms with van der Waals surface area (Å²) in [5.74, 6) is 0.739. The van der Waals surface area contributed by atoms with Crippen LogP contribution in [0.5, 0.6) is 0 Å². The molecule has 6 heteroatoms. The van der Waals surface area contributed by atoms with E-state index in [4.69, 9.17) is 27.6 Å². The van der Waals surface area contributed by atoms with Crippen LogP contribution in [0.3, 0.4) is 0 Å². The SMILES string of the molecule is CC(C)c1ccc(NC(=O)C(C#N)=Cc2ccc(-c3cc(Cl)ccc3Cl)o2)cc1. The molecule has 3 aromatic rings. The van der Waals surface area contributed by atoms with Gasteiger partial charge in [-0.3, -0.25) is 4.79 Å². The first kappa shape index (κ1) is 20.7. The van der Waals surface area contributed by atoms with Crippen LogP contribution in [-0.4, -0.2) is 5.91 Å². The lowest BCUT2D eigenvalue weighted by Crippen LogP contribution is -2.13. The van der Waals surface area contributed by atoms with Crippen LogP contribution in [0.2, 0.25) is 10.0 Å². The average Bonchev–Trinajstić information content (AvgIpc) is 3.16. The minimum atomic E-state index is -0.511. The topological polar surface area (TPSA) is 66.0 Å². The number of halogens is 2. The summed E-state index contributed by atoms with van der Waals surface area (Å²) in [5.41, 5.74) is 2.34. The highest BCUT2D eigenvalue weighted by Crippen LogP contribution is 2.32. The van der Waals surface area contributed by atoms with Gasteiger partial charge in [0.05, 0.1) is 5.02 Å². The second-order valence-electron chi connectivity index (χ2n) is 6.73. The molecular weight excluding hydrogens is 407 g/mol. The fraction of sp³-hybridized carbons (Fsp3) is 0.130. The van der Waals surface area contributed by atoms with Crippen molar-refractivity contribution in [1.29, 1.82) is 5.26 Å². The number of carbonyl (C=O) groups excluding carboxylic acids is 1. The van der Waals surface area contributed by atoms with Gasteiger partial charge in [-0.2, -0.15) is 5.26 Å². The molecule has 0 atom stereocenters. The van der Waals surface area contributed by atoms with E-state index >= 15 is 0 Å². The first-order valence-electron chi connectivity index (χ1n) is 8.95. The molecule has 2 aromatic carbocycles. The average molecular weight is 425 g/mol. The number of nitriles is 1. The number of rotatable bonds is 5. The van der Waals surface area contributed by atoms with E-state index in [0.29, 0.717) is 38.7 Å². The maximum absolute atomic E-state index is 12.5. The van der Waals surface area contributed by atoms with Gasteiger partial charge in [-0.05, 0) is 53.9 Å². The molecule has 0 unspecified atom stereocenters. The van der Waals surface area contributed by atoms with Gasteiger partial charge < -0.3 is 9.73 Å². The van der Waals surface area contributed by atoms with E-state index in [-0.39, 0.29) is 5.57 Å². The van der Waals surface area contributed by atoms with Crippen LogP contribution in [-0.2, 0) is 4.79 Å². The van der Waals surface area contributed by atoms with Gasteiger partial charge in [0, 0.05) is 22.3 Å². The third kappa shape index (κ3) is 5.08. The van der Waals surface area contributed by atoms with Crippen LogP contribution < -0.4 is 5.32 Å². The number of benzene rings is 2. The van der Waals surface area contributed by atoms with Gasteiger partial charge >= 0.3 is 0 Å². The van der Waals surface area contributed by atoms with Crippen molar-refractivity contribution in [1.82, 2.24) is 0 Å². The molecule has 29 heavy (non-hydrogen) atoms. The second-order valence-corrected chi connectivity index (χ2v) is 7.57. The Bertz CT molecular complexity index is 1110. The minimum absolute atomic E-state index is 0.0731. The highest BCUT2D eigenvalue weighted by Gasteiger charge is 2.13. The maximum atomic E-state index is 12.5. The third-order valence-electron chi connectivity index (χ3n) is 4.31. The number of nitrogens with one attached hydrogen (secondary N) is 1. The smallest absolute Gasteiger partial charge is 0.266 e. The van der Waals surface area contributed by atoms with Gasteiger partial charge in [0.25, 0.3) is 5.91 Å². The Morgan fingerprint density at radius 3 is 2.48 bits per heavy atom. The molecule has 0 spiro atoms. The van der Waals surface area contributed by atoms with Gasteiger partial charge in [0.2, 0.25) is 0 Å².